The second-order valence-corrected chi connectivity index (χ2v) is 6.76. The lowest BCUT2D eigenvalue weighted by Crippen LogP contribution is -2.47. The molecule has 0 aromatic heterocycles. The molecular formula is C13H29NO2. The monoisotopic (exact) mass is 231 g/mol. The number of hydrogen-bond acceptors (Lipinski definition) is 3. The third kappa shape index (κ3) is 7.20. The van der Waals surface area contributed by atoms with Crippen LogP contribution in [-0.4, -0.2) is 46.5 Å². The molecule has 16 heavy (non-hydrogen) atoms. The van der Waals surface area contributed by atoms with Gasteiger partial charge in [0.15, 0.2) is 0 Å². The third-order valence-corrected chi connectivity index (χ3v) is 2.72. The lowest BCUT2D eigenvalue weighted by atomic mass is 9.91. The van der Waals surface area contributed by atoms with Gasteiger partial charge in [0, 0.05) is 12.1 Å². The van der Waals surface area contributed by atoms with Gasteiger partial charge in [0.25, 0.3) is 0 Å². The van der Waals surface area contributed by atoms with E-state index in [1.54, 1.807) is 0 Å². The maximum Gasteiger partial charge on any atom is 0.0897 e. The van der Waals surface area contributed by atoms with E-state index in [0.29, 0.717) is 12.0 Å². The Hall–Kier alpha value is -0.120. The summed E-state index contributed by atoms with van der Waals surface area (Å²) in [7, 11) is 0. The summed E-state index contributed by atoms with van der Waals surface area (Å²) in [6.45, 7) is 14.4. The molecule has 0 rings (SSSR count). The molecule has 0 aromatic carbocycles. The van der Waals surface area contributed by atoms with Crippen molar-refractivity contribution in [3.05, 3.63) is 0 Å². The third-order valence-electron chi connectivity index (χ3n) is 2.72. The van der Waals surface area contributed by atoms with Crippen LogP contribution in [0, 0.1) is 5.41 Å². The summed E-state index contributed by atoms with van der Waals surface area (Å²) in [6.07, 6.45) is 0.446. The van der Waals surface area contributed by atoms with Crippen LogP contribution < -0.4 is 0 Å². The van der Waals surface area contributed by atoms with Gasteiger partial charge in [-0.15, -0.1) is 0 Å². The summed E-state index contributed by atoms with van der Waals surface area (Å²) in [5.41, 5.74) is 0.328. The lowest BCUT2D eigenvalue weighted by Gasteiger charge is -2.38. The Morgan fingerprint density at radius 2 is 1.56 bits per heavy atom. The number of aliphatic hydroxyl groups excluding tert-OH is 2. The second kappa shape index (κ2) is 5.99. The molecule has 98 valence electrons. The van der Waals surface area contributed by atoms with E-state index in [1.165, 1.54) is 0 Å². The molecular weight excluding hydrogens is 202 g/mol. The first-order valence-electron chi connectivity index (χ1n) is 6.10. The molecule has 0 saturated carbocycles. The molecule has 1 unspecified atom stereocenters. The second-order valence-electron chi connectivity index (χ2n) is 6.76. The van der Waals surface area contributed by atoms with E-state index >= 15 is 0 Å². The van der Waals surface area contributed by atoms with Crippen LogP contribution in [0.15, 0.2) is 0 Å². The van der Waals surface area contributed by atoms with Crippen molar-refractivity contribution in [2.75, 3.05) is 19.7 Å². The Balaban J connectivity index is 4.34. The summed E-state index contributed by atoms with van der Waals surface area (Å²) in [5, 5.41) is 18.4. The van der Waals surface area contributed by atoms with Gasteiger partial charge >= 0.3 is 0 Å². The minimum Gasteiger partial charge on any atom is -0.394 e. The Morgan fingerprint density at radius 1 is 1.06 bits per heavy atom. The summed E-state index contributed by atoms with van der Waals surface area (Å²) in [6, 6.07) is 0. The van der Waals surface area contributed by atoms with Crippen molar-refractivity contribution in [1.29, 1.82) is 0 Å². The van der Waals surface area contributed by atoms with Crippen molar-refractivity contribution in [2.24, 2.45) is 5.41 Å². The Kier molecular flexibility index (Phi) is 5.94. The van der Waals surface area contributed by atoms with Gasteiger partial charge in [0.2, 0.25) is 0 Å². The Bertz CT molecular complexity index is 191. The topological polar surface area (TPSA) is 43.7 Å². The van der Waals surface area contributed by atoms with Crippen LogP contribution in [0.3, 0.4) is 0 Å². The number of hydrogen-bond donors (Lipinski definition) is 2. The Labute approximate surface area is 100 Å². The molecule has 0 amide bonds. The summed E-state index contributed by atoms with van der Waals surface area (Å²) >= 11 is 0. The van der Waals surface area contributed by atoms with E-state index in [9.17, 15) is 5.11 Å². The molecule has 0 aromatic rings. The van der Waals surface area contributed by atoms with Crippen molar-refractivity contribution >= 4 is 0 Å². The van der Waals surface area contributed by atoms with Gasteiger partial charge in [-0.25, -0.2) is 0 Å². The van der Waals surface area contributed by atoms with Crippen molar-refractivity contribution in [2.45, 2.75) is 59.6 Å². The molecule has 0 bridgehead atoms. The van der Waals surface area contributed by atoms with Gasteiger partial charge in [-0.2, -0.15) is 0 Å². The van der Waals surface area contributed by atoms with Crippen LogP contribution in [0.4, 0.5) is 0 Å². The predicted molar refractivity (Wildman–Crippen MR) is 68.5 cm³/mol. The van der Waals surface area contributed by atoms with Crippen LogP contribution in [0.2, 0.25) is 0 Å². The van der Waals surface area contributed by atoms with Gasteiger partial charge < -0.3 is 10.2 Å². The zero-order valence-electron chi connectivity index (χ0n) is 11.7. The minimum atomic E-state index is -0.640. The zero-order chi connectivity index (χ0) is 13.0. The highest BCUT2D eigenvalue weighted by atomic mass is 16.3. The maximum atomic E-state index is 9.53. The van der Waals surface area contributed by atoms with Crippen molar-refractivity contribution in [1.82, 2.24) is 4.90 Å². The first-order chi connectivity index (χ1) is 7.06. The number of rotatable bonds is 5. The van der Waals surface area contributed by atoms with Crippen LogP contribution in [-0.2, 0) is 0 Å². The smallest absolute Gasteiger partial charge is 0.0897 e. The quantitative estimate of drug-likeness (QED) is 0.759. The summed E-state index contributed by atoms with van der Waals surface area (Å²) in [4.78, 5) is 2.24. The van der Waals surface area contributed by atoms with Crippen molar-refractivity contribution in [3.8, 4) is 0 Å². The molecule has 0 heterocycles. The normalized spacial score (nSPS) is 15.6. The maximum absolute atomic E-state index is 9.53. The number of nitrogens with zero attached hydrogens (tertiary/aromatic N) is 1. The van der Waals surface area contributed by atoms with E-state index in [2.05, 4.69) is 46.4 Å². The average molecular weight is 231 g/mol. The molecule has 0 aliphatic carbocycles. The highest BCUT2D eigenvalue weighted by Crippen LogP contribution is 2.22. The van der Waals surface area contributed by atoms with E-state index in [-0.39, 0.29) is 12.1 Å². The molecule has 3 nitrogen and oxygen atoms in total. The first-order valence-corrected chi connectivity index (χ1v) is 6.10. The largest absolute Gasteiger partial charge is 0.394 e. The fourth-order valence-electron chi connectivity index (χ4n) is 1.48. The van der Waals surface area contributed by atoms with Gasteiger partial charge in [-0.1, -0.05) is 20.8 Å². The van der Waals surface area contributed by atoms with E-state index < -0.39 is 6.10 Å². The number of aliphatic hydroxyl groups is 2. The van der Waals surface area contributed by atoms with Gasteiger partial charge in [0.05, 0.1) is 12.7 Å². The summed E-state index contributed by atoms with van der Waals surface area (Å²) in [5.74, 6) is 0. The van der Waals surface area contributed by atoms with Crippen LogP contribution in [0.25, 0.3) is 0 Å². The fraction of sp³-hybridized carbons (Fsp3) is 1.00. The fourth-order valence-corrected chi connectivity index (χ4v) is 1.48. The average Bonchev–Trinajstić information content (AvgIpc) is 2.08. The molecule has 0 spiro atoms. The van der Waals surface area contributed by atoms with Gasteiger partial charge in [-0.3, -0.25) is 4.90 Å². The molecule has 2 N–H and O–H groups in total. The lowest BCUT2D eigenvalue weighted by molar-refractivity contribution is 0.0221. The highest BCUT2D eigenvalue weighted by Gasteiger charge is 2.24. The van der Waals surface area contributed by atoms with Crippen molar-refractivity contribution < 1.29 is 10.2 Å². The molecule has 0 fully saturated rings. The van der Waals surface area contributed by atoms with E-state index in [4.69, 9.17) is 5.11 Å². The summed E-state index contributed by atoms with van der Waals surface area (Å²) < 4.78 is 0. The molecule has 0 radical (unpaired) electrons. The van der Waals surface area contributed by atoms with E-state index in [0.717, 1.165) is 13.0 Å². The zero-order valence-corrected chi connectivity index (χ0v) is 11.7. The minimum absolute atomic E-state index is 0.0292. The van der Waals surface area contributed by atoms with Crippen LogP contribution in [0.1, 0.15) is 48.0 Å². The van der Waals surface area contributed by atoms with Gasteiger partial charge in [0.1, 0.15) is 0 Å². The molecule has 0 saturated heterocycles. The number of β-amino-alcohol motifs (C(OH)–C–C–N with tert-alkyl or cyclic N) is 1. The standard InChI is InChI=1S/C13H29NO2/c1-12(2,3)7-8-14(13(4,5)6)9-11(16)10-15/h11,15-16H,7-10H2,1-6H3. The first kappa shape index (κ1) is 15.9. The van der Waals surface area contributed by atoms with E-state index in [1.807, 2.05) is 0 Å². The molecule has 0 aliphatic rings. The molecule has 0 aliphatic heterocycles. The molecule has 1 atom stereocenters. The van der Waals surface area contributed by atoms with Gasteiger partial charge in [-0.05, 0) is 39.2 Å². The Morgan fingerprint density at radius 3 is 1.88 bits per heavy atom. The van der Waals surface area contributed by atoms with Crippen LogP contribution >= 0.6 is 0 Å². The SMILES string of the molecule is CC(C)(C)CCN(CC(O)CO)C(C)(C)C. The van der Waals surface area contributed by atoms with Crippen LogP contribution in [0.5, 0.6) is 0 Å². The molecule has 3 heteroatoms. The highest BCUT2D eigenvalue weighted by molar-refractivity contribution is 4.80. The van der Waals surface area contributed by atoms with Crippen molar-refractivity contribution in [3.63, 3.8) is 0 Å². The predicted octanol–water partition coefficient (Wildman–Crippen LogP) is 1.88.